The number of aromatic nitrogens is 2. The molecule has 150 valence electrons. The Morgan fingerprint density at radius 3 is 2.50 bits per heavy atom. The maximum Gasteiger partial charge on any atom is 0.266 e. The van der Waals surface area contributed by atoms with Gasteiger partial charge in [-0.3, -0.25) is 19.3 Å². The number of anilines is 1. The van der Waals surface area contributed by atoms with Gasteiger partial charge >= 0.3 is 0 Å². The lowest BCUT2D eigenvalue weighted by molar-refractivity contribution is 0.0865. The first-order valence-electron chi connectivity index (χ1n) is 10.6. The number of nitrogens with zero attached hydrogens (tertiary/aromatic N) is 5. The van der Waals surface area contributed by atoms with E-state index in [1.165, 1.54) is 6.42 Å². The molecule has 0 spiro atoms. The monoisotopic (exact) mass is 397 g/mol. The number of amides is 1. The number of benzene rings is 2. The maximum absolute atomic E-state index is 13.5. The molecule has 1 aromatic heterocycles. The minimum Gasteiger partial charge on any atom is -0.289 e. The Morgan fingerprint density at radius 1 is 1.00 bits per heavy atom. The van der Waals surface area contributed by atoms with Gasteiger partial charge in [0, 0.05) is 12.6 Å². The van der Waals surface area contributed by atoms with Crippen molar-refractivity contribution in [2.45, 2.75) is 37.9 Å². The van der Waals surface area contributed by atoms with Crippen molar-refractivity contribution in [3.05, 3.63) is 71.8 Å². The lowest BCUT2D eigenvalue weighted by atomic mass is 10.0. The predicted molar refractivity (Wildman–Crippen MR) is 117 cm³/mol. The van der Waals surface area contributed by atoms with Crippen LogP contribution in [0.4, 0.5) is 5.82 Å². The molecule has 30 heavy (non-hydrogen) atoms. The van der Waals surface area contributed by atoms with E-state index in [2.05, 4.69) is 29.2 Å². The second-order valence-electron chi connectivity index (χ2n) is 8.29. The summed E-state index contributed by atoms with van der Waals surface area (Å²) in [5.74, 6) is 1.49. The molecule has 2 aromatic carbocycles. The summed E-state index contributed by atoms with van der Waals surface area (Å²) in [5, 5.41) is 5.02. The maximum atomic E-state index is 13.5. The number of hydrogen-bond acceptors (Lipinski definition) is 4. The Morgan fingerprint density at radius 2 is 1.73 bits per heavy atom. The summed E-state index contributed by atoms with van der Waals surface area (Å²) >= 11 is 0. The number of hydrogen-bond donors (Lipinski definition) is 0. The molecule has 0 N–H and O–H groups in total. The van der Waals surface area contributed by atoms with Gasteiger partial charge in [0.2, 0.25) is 5.96 Å². The van der Waals surface area contributed by atoms with Crippen LogP contribution < -0.4 is 4.90 Å². The van der Waals surface area contributed by atoms with Gasteiger partial charge in [-0.05, 0) is 24.8 Å². The summed E-state index contributed by atoms with van der Waals surface area (Å²) in [4.78, 5) is 22.3. The van der Waals surface area contributed by atoms with Gasteiger partial charge in [-0.1, -0.05) is 60.7 Å². The largest absolute Gasteiger partial charge is 0.289 e. The lowest BCUT2D eigenvalue weighted by Gasteiger charge is -2.34. The van der Waals surface area contributed by atoms with Crippen molar-refractivity contribution in [1.29, 1.82) is 0 Å². The van der Waals surface area contributed by atoms with E-state index < -0.39 is 0 Å². The van der Waals surface area contributed by atoms with Gasteiger partial charge in [0.25, 0.3) is 5.91 Å². The molecule has 0 bridgehead atoms. The van der Waals surface area contributed by atoms with E-state index in [0.717, 1.165) is 41.4 Å². The van der Waals surface area contributed by atoms with Gasteiger partial charge in [-0.15, -0.1) is 0 Å². The lowest BCUT2D eigenvalue weighted by Crippen LogP contribution is -2.51. The number of guanidine groups is 1. The van der Waals surface area contributed by atoms with E-state index in [0.29, 0.717) is 18.2 Å². The van der Waals surface area contributed by atoms with Crippen LogP contribution in [0, 0.1) is 0 Å². The van der Waals surface area contributed by atoms with E-state index in [1.807, 2.05) is 48.1 Å². The highest BCUT2D eigenvalue weighted by Crippen LogP contribution is 2.43. The van der Waals surface area contributed by atoms with Crippen LogP contribution in [0.3, 0.4) is 0 Å². The van der Waals surface area contributed by atoms with Gasteiger partial charge in [0.05, 0.1) is 24.3 Å². The van der Waals surface area contributed by atoms with Gasteiger partial charge in [-0.2, -0.15) is 5.10 Å². The normalized spacial score (nSPS) is 22.0. The van der Waals surface area contributed by atoms with Gasteiger partial charge in [-0.25, -0.2) is 4.99 Å². The smallest absolute Gasteiger partial charge is 0.266 e. The zero-order valence-corrected chi connectivity index (χ0v) is 16.9. The van der Waals surface area contributed by atoms with Crippen LogP contribution in [0.5, 0.6) is 0 Å². The van der Waals surface area contributed by atoms with Crippen molar-refractivity contribution < 1.29 is 4.79 Å². The van der Waals surface area contributed by atoms with Crippen LogP contribution in [0.15, 0.2) is 65.7 Å². The molecule has 0 radical (unpaired) electrons. The van der Waals surface area contributed by atoms with Crippen LogP contribution in [0.1, 0.15) is 35.2 Å². The fourth-order valence-corrected chi connectivity index (χ4v) is 5.07. The third-order valence-corrected chi connectivity index (χ3v) is 6.48. The quantitative estimate of drug-likeness (QED) is 0.676. The number of aliphatic imine (C=N–C) groups is 1. The molecule has 1 aliphatic carbocycles. The molecule has 1 saturated carbocycles. The van der Waals surface area contributed by atoms with Crippen molar-refractivity contribution in [3.8, 4) is 11.3 Å². The van der Waals surface area contributed by atoms with Crippen molar-refractivity contribution in [2.24, 2.45) is 4.99 Å². The third-order valence-electron chi connectivity index (χ3n) is 6.48. The summed E-state index contributed by atoms with van der Waals surface area (Å²) in [7, 11) is 1.83. The molecular weight excluding hydrogens is 374 g/mol. The Kier molecular flexibility index (Phi) is 3.81. The van der Waals surface area contributed by atoms with Crippen LogP contribution >= 0.6 is 0 Å². The highest BCUT2D eigenvalue weighted by Gasteiger charge is 2.49. The molecule has 3 heterocycles. The molecule has 2 aliphatic heterocycles. The van der Waals surface area contributed by atoms with Gasteiger partial charge in [0.1, 0.15) is 5.56 Å². The van der Waals surface area contributed by atoms with Gasteiger partial charge < -0.3 is 0 Å². The third kappa shape index (κ3) is 2.46. The zero-order chi connectivity index (χ0) is 20.2. The SMILES string of the molecule is CN1C(=O)c2c(nn(Cc3ccccc3)c2-c2ccccc2)N2C1=NC1CCCC12. The molecule has 6 rings (SSSR count). The summed E-state index contributed by atoms with van der Waals surface area (Å²) < 4.78 is 1.99. The van der Waals surface area contributed by atoms with Crippen molar-refractivity contribution >= 4 is 17.7 Å². The highest BCUT2D eigenvalue weighted by molar-refractivity contribution is 6.21. The minimum absolute atomic E-state index is 0.0295. The summed E-state index contributed by atoms with van der Waals surface area (Å²) in [5.41, 5.74) is 3.73. The standard InChI is InChI=1S/C24H23N5O/c1-27-23(30)20-21(17-11-6-3-7-12-17)28(15-16-9-4-2-5-10-16)26-22(20)29-19-14-8-13-18(19)25-24(27)29/h2-7,9-12,18-19H,8,13-15H2,1H3. The second kappa shape index (κ2) is 6.55. The first-order valence-corrected chi connectivity index (χ1v) is 10.6. The van der Waals surface area contributed by atoms with Gasteiger partial charge in [0.15, 0.2) is 5.82 Å². The molecule has 3 aliphatic rings. The Balaban J connectivity index is 1.57. The minimum atomic E-state index is -0.0295. The number of carbonyl (C=O) groups excluding carboxylic acids is 1. The number of rotatable bonds is 3. The van der Waals surface area contributed by atoms with Crippen LogP contribution in [-0.4, -0.2) is 45.7 Å². The molecule has 2 atom stereocenters. The fourth-order valence-electron chi connectivity index (χ4n) is 5.07. The number of carbonyl (C=O) groups is 1. The second-order valence-corrected chi connectivity index (χ2v) is 8.29. The average molecular weight is 397 g/mol. The highest BCUT2D eigenvalue weighted by atomic mass is 16.2. The fraction of sp³-hybridized carbons (Fsp3) is 0.292. The Hall–Kier alpha value is -3.41. The van der Waals surface area contributed by atoms with E-state index in [4.69, 9.17) is 10.1 Å². The molecule has 0 saturated heterocycles. The van der Waals surface area contributed by atoms with E-state index in [1.54, 1.807) is 4.90 Å². The van der Waals surface area contributed by atoms with Crippen LogP contribution in [-0.2, 0) is 6.54 Å². The van der Waals surface area contributed by atoms with Crippen molar-refractivity contribution in [1.82, 2.24) is 14.7 Å². The molecule has 6 nitrogen and oxygen atoms in total. The Bertz CT molecular complexity index is 1150. The molecular formula is C24H23N5O. The van der Waals surface area contributed by atoms with Crippen molar-refractivity contribution in [3.63, 3.8) is 0 Å². The van der Waals surface area contributed by atoms with Crippen LogP contribution in [0.2, 0.25) is 0 Å². The Labute approximate surface area is 175 Å². The molecule has 1 fully saturated rings. The molecule has 1 amide bonds. The van der Waals surface area contributed by atoms with E-state index >= 15 is 0 Å². The molecule has 3 aromatic rings. The molecule has 6 heteroatoms. The first-order chi connectivity index (χ1) is 14.7. The topological polar surface area (TPSA) is 53.7 Å². The average Bonchev–Trinajstić information content (AvgIpc) is 3.46. The van der Waals surface area contributed by atoms with Crippen molar-refractivity contribution in [2.75, 3.05) is 11.9 Å². The first kappa shape index (κ1) is 17.4. The zero-order valence-electron chi connectivity index (χ0n) is 16.9. The summed E-state index contributed by atoms with van der Waals surface area (Å²) in [6.07, 6.45) is 3.34. The molecule has 2 unspecified atom stereocenters. The predicted octanol–water partition coefficient (Wildman–Crippen LogP) is 3.78. The van der Waals surface area contributed by atoms with E-state index in [-0.39, 0.29) is 11.9 Å². The summed E-state index contributed by atoms with van der Waals surface area (Å²) in [6.45, 7) is 0.615. The summed E-state index contributed by atoms with van der Waals surface area (Å²) in [6, 6.07) is 21.0. The van der Waals surface area contributed by atoms with Crippen LogP contribution in [0.25, 0.3) is 11.3 Å². The number of fused-ring (bicyclic) bond motifs is 5. The van der Waals surface area contributed by atoms with E-state index in [9.17, 15) is 4.79 Å².